The molecule has 7 heteroatoms. The average Bonchev–Trinajstić information content (AvgIpc) is 3.48. The van der Waals surface area contributed by atoms with Gasteiger partial charge in [-0.2, -0.15) is 0 Å². The molecule has 0 aliphatic carbocycles. The van der Waals surface area contributed by atoms with Gasteiger partial charge in [0, 0.05) is 39.9 Å². The molecule has 36 heavy (non-hydrogen) atoms. The third-order valence-corrected chi connectivity index (χ3v) is 7.38. The van der Waals surface area contributed by atoms with Crippen molar-refractivity contribution in [2.45, 2.75) is 31.3 Å². The third-order valence-electron chi connectivity index (χ3n) is 7.38. The van der Waals surface area contributed by atoms with Gasteiger partial charge >= 0.3 is 6.03 Å². The van der Waals surface area contributed by atoms with Gasteiger partial charge in [0.1, 0.15) is 11.3 Å². The lowest BCUT2D eigenvalue weighted by atomic mass is 9.85. The molecule has 3 heterocycles. The number of likely N-dealkylation sites (tertiary alicyclic amines) is 1. The molecule has 1 aromatic heterocycles. The van der Waals surface area contributed by atoms with Gasteiger partial charge in [-0.15, -0.1) is 0 Å². The number of nitrogens with zero attached hydrogens (tertiary/aromatic N) is 3. The number of furan rings is 1. The van der Waals surface area contributed by atoms with Crippen molar-refractivity contribution in [3.8, 4) is 0 Å². The molecular weight excluding hydrogens is 454 g/mol. The number of fused-ring (bicyclic) bond motifs is 1. The van der Waals surface area contributed by atoms with Crippen molar-refractivity contribution in [2.24, 2.45) is 0 Å². The van der Waals surface area contributed by atoms with Crippen LogP contribution in [0.5, 0.6) is 0 Å². The van der Waals surface area contributed by atoms with Crippen LogP contribution in [0.3, 0.4) is 0 Å². The van der Waals surface area contributed by atoms with Gasteiger partial charge in [-0.1, -0.05) is 42.5 Å². The number of amides is 3. The molecule has 0 atom stereocenters. The highest BCUT2D eigenvalue weighted by molar-refractivity contribution is 6.07. The minimum absolute atomic E-state index is 0.0659. The summed E-state index contributed by atoms with van der Waals surface area (Å²) >= 11 is 0. The van der Waals surface area contributed by atoms with Crippen molar-refractivity contribution < 1.29 is 18.7 Å². The number of urea groups is 1. The molecule has 5 rings (SSSR count). The van der Waals surface area contributed by atoms with Crippen molar-refractivity contribution in [3.63, 3.8) is 0 Å². The van der Waals surface area contributed by atoms with Crippen LogP contribution in [0.4, 0.5) is 4.79 Å². The SMILES string of the molecule is COCCCN1C(=O)N(Cc2ccc3ccccc3c2)C(=O)C12CCN(C/C=C/c1ccco1)CC2. The standard InChI is InChI=1S/C29H33N3O4/c1-35-19-6-16-32-28(34)31(22-23-11-12-24-7-2-3-8-25(24)21-23)27(33)29(32)13-17-30(18-14-29)15-4-9-26-10-5-20-36-26/h2-5,7-12,20-21H,6,13-19,22H2,1H3/b9-4+. The molecule has 0 bridgehead atoms. The Labute approximate surface area is 211 Å². The van der Waals surface area contributed by atoms with Crippen molar-refractivity contribution in [2.75, 3.05) is 39.9 Å². The second kappa shape index (κ2) is 10.7. The number of carbonyl (C=O) groups excluding carboxylic acids is 2. The predicted molar refractivity (Wildman–Crippen MR) is 139 cm³/mol. The molecule has 2 aliphatic rings. The van der Waals surface area contributed by atoms with E-state index in [-0.39, 0.29) is 11.9 Å². The van der Waals surface area contributed by atoms with E-state index in [0.717, 1.165) is 41.7 Å². The van der Waals surface area contributed by atoms with Gasteiger partial charge in [-0.3, -0.25) is 14.6 Å². The second-order valence-corrected chi connectivity index (χ2v) is 9.60. The van der Waals surface area contributed by atoms with Crippen molar-refractivity contribution in [3.05, 3.63) is 78.3 Å². The van der Waals surface area contributed by atoms with E-state index >= 15 is 0 Å². The number of carbonyl (C=O) groups is 2. The van der Waals surface area contributed by atoms with Crippen LogP contribution in [-0.4, -0.2) is 72.1 Å². The number of piperidine rings is 1. The Hall–Kier alpha value is -3.42. The van der Waals surface area contributed by atoms with Gasteiger partial charge in [-0.25, -0.2) is 4.79 Å². The number of rotatable bonds is 9. The molecule has 0 N–H and O–H groups in total. The lowest BCUT2D eigenvalue weighted by molar-refractivity contribution is -0.136. The van der Waals surface area contributed by atoms with Crippen LogP contribution in [0.25, 0.3) is 16.8 Å². The molecule has 2 fully saturated rings. The number of methoxy groups -OCH3 is 1. The molecule has 7 nitrogen and oxygen atoms in total. The first-order valence-electron chi connectivity index (χ1n) is 12.6. The minimum atomic E-state index is -0.775. The summed E-state index contributed by atoms with van der Waals surface area (Å²) in [5, 5.41) is 2.25. The van der Waals surface area contributed by atoms with Crippen molar-refractivity contribution in [1.29, 1.82) is 0 Å². The molecule has 2 aromatic carbocycles. The number of hydrogen-bond acceptors (Lipinski definition) is 5. The van der Waals surface area contributed by atoms with E-state index in [4.69, 9.17) is 9.15 Å². The molecule has 3 aromatic rings. The van der Waals surface area contributed by atoms with Gasteiger partial charge in [0.2, 0.25) is 0 Å². The zero-order chi connectivity index (χ0) is 25.0. The summed E-state index contributed by atoms with van der Waals surface area (Å²) in [7, 11) is 1.66. The topological polar surface area (TPSA) is 66.2 Å². The lowest BCUT2D eigenvalue weighted by Crippen LogP contribution is -2.56. The molecular formula is C29H33N3O4. The van der Waals surface area contributed by atoms with Gasteiger partial charge in [-0.05, 0) is 59.9 Å². The van der Waals surface area contributed by atoms with Gasteiger partial charge in [0.05, 0.1) is 12.8 Å². The molecule has 0 unspecified atom stereocenters. The first-order chi connectivity index (χ1) is 17.6. The monoisotopic (exact) mass is 487 g/mol. The van der Waals surface area contributed by atoms with Crippen LogP contribution in [0, 0.1) is 0 Å². The van der Waals surface area contributed by atoms with Crippen LogP contribution in [0.15, 0.2) is 71.4 Å². The third kappa shape index (κ3) is 4.81. The Morgan fingerprint density at radius 3 is 2.58 bits per heavy atom. The number of hydrogen-bond donors (Lipinski definition) is 0. The largest absolute Gasteiger partial charge is 0.465 e. The van der Waals surface area contributed by atoms with E-state index < -0.39 is 5.54 Å². The van der Waals surface area contributed by atoms with Crippen LogP contribution in [-0.2, 0) is 16.1 Å². The zero-order valence-electron chi connectivity index (χ0n) is 20.8. The highest BCUT2D eigenvalue weighted by atomic mass is 16.5. The van der Waals surface area contributed by atoms with Crippen LogP contribution < -0.4 is 0 Å². The first kappa shape index (κ1) is 24.3. The minimum Gasteiger partial charge on any atom is -0.465 e. The number of benzene rings is 2. The van der Waals surface area contributed by atoms with E-state index in [2.05, 4.69) is 35.2 Å². The summed E-state index contributed by atoms with van der Waals surface area (Å²) in [5.41, 5.74) is 0.188. The van der Waals surface area contributed by atoms with E-state index in [1.54, 1.807) is 13.4 Å². The second-order valence-electron chi connectivity index (χ2n) is 9.60. The summed E-state index contributed by atoms with van der Waals surface area (Å²) in [6.45, 7) is 3.66. The summed E-state index contributed by atoms with van der Waals surface area (Å²) < 4.78 is 10.6. The molecule has 0 saturated carbocycles. The fourth-order valence-electron chi connectivity index (χ4n) is 5.41. The molecule has 1 spiro atoms. The summed E-state index contributed by atoms with van der Waals surface area (Å²) in [6.07, 6.45) is 7.68. The smallest absolute Gasteiger partial charge is 0.327 e. The highest BCUT2D eigenvalue weighted by Crippen LogP contribution is 2.38. The predicted octanol–water partition coefficient (Wildman–Crippen LogP) is 4.78. The van der Waals surface area contributed by atoms with Gasteiger partial charge < -0.3 is 14.1 Å². The summed E-state index contributed by atoms with van der Waals surface area (Å²) in [4.78, 5) is 33.1. The van der Waals surface area contributed by atoms with Crippen molar-refractivity contribution >= 4 is 28.8 Å². The molecule has 2 aliphatic heterocycles. The quantitative estimate of drug-likeness (QED) is 0.321. The van der Waals surface area contributed by atoms with Crippen LogP contribution in [0.2, 0.25) is 0 Å². The van der Waals surface area contributed by atoms with E-state index in [9.17, 15) is 9.59 Å². The van der Waals surface area contributed by atoms with Gasteiger partial charge in [0.25, 0.3) is 5.91 Å². The van der Waals surface area contributed by atoms with Crippen LogP contribution in [0.1, 0.15) is 30.6 Å². The Morgan fingerprint density at radius 1 is 1.03 bits per heavy atom. The fourth-order valence-corrected chi connectivity index (χ4v) is 5.41. The molecule has 188 valence electrons. The Bertz CT molecular complexity index is 1230. The van der Waals surface area contributed by atoms with E-state index in [1.165, 1.54) is 4.90 Å². The van der Waals surface area contributed by atoms with Crippen molar-refractivity contribution in [1.82, 2.24) is 14.7 Å². The van der Waals surface area contributed by atoms with Crippen LogP contribution >= 0.6 is 0 Å². The molecule has 2 saturated heterocycles. The Balaban J connectivity index is 1.31. The maximum atomic E-state index is 13.9. The lowest BCUT2D eigenvalue weighted by Gasteiger charge is -2.42. The summed E-state index contributed by atoms with van der Waals surface area (Å²) in [6, 6.07) is 17.9. The summed E-state index contributed by atoms with van der Waals surface area (Å²) in [5.74, 6) is 0.762. The molecule has 0 radical (unpaired) electrons. The average molecular weight is 488 g/mol. The number of imide groups is 1. The zero-order valence-corrected chi connectivity index (χ0v) is 20.8. The van der Waals surface area contributed by atoms with Gasteiger partial charge in [0.15, 0.2) is 0 Å². The molecule has 3 amide bonds. The Kier molecular flexibility index (Phi) is 7.20. The maximum Gasteiger partial charge on any atom is 0.327 e. The highest BCUT2D eigenvalue weighted by Gasteiger charge is 2.57. The van der Waals surface area contributed by atoms with E-state index in [1.807, 2.05) is 41.3 Å². The first-order valence-corrected chi connectivity index (χ1v) is 12.6. The number of ether oxygens (including phenoxy) is 1. The fraction of sp³-hybridized carbons (Fsp3) is 0.379. The Morgan fingerprint density at radius 2 is 1.83 bits per heavy atom. The normalized spacial score (nSPS) is 18.4. The maximum absolute atomic E-state index is 13.9. The van der Waals surface area contributed by atoms with E-state index in [0.29, 0.717) is 39.0 Å².